The Morgan fingerprint density at radius 3 is 2.68 bits per heavy atom. The van der Waals surface area contributed by atoms with E-state index < -0.39 is 0 Å². The molecule has 1 aliphatic carbocycles. The van der Waals surface area contributed by atoms with E-state index in [9.17, 15) is 9.90 Å². The van der Waals surface area contributed by atoms with Gasteiger partial charge in [0.25, 0.3) is 0 Å². The second kappa shape index (κ2) is 7.80. The molecular weight excluding hydrogens is 395 g/mol. The summed E-state index contributed by atoms with van der Waals surface area (Å²) < 4.78 is 16.9. The Balaban J connectivity index is 1.34. The minimum Gasteiger partial charge on any atom is -0.508 e. The van der Waals surface area contributed by atoms with Crippen molar-refractivity contribution in [2.75, 3.05) is 13.1 Å². The highest BCUT2D eigenvalue weighted by Crippen LogP contribution is 2.34. The number of aryl methyl sites for hydroxylation is 1. The van der Waals surface area contributed by atoms with Crippen LogP contribution in [0, 0.1) is 24.6 Å². The number of amides is 1. The van der Waals surface area contributed by atoms with Gasteiger partial charge in [-0.1, -0.05) is 18.2 Å². The van der Waals surface area contributed by atoms with Crippen LogP contribution in [-0.2, 0) is 11.3 Å². The number of nitrogens with zero attached hydrogens (tertiary/aromatic N) is 4. The van der Waals surface area contributed by atoms with Gasteiger partial charge in [0.2, 0.25) is 5.91 Å². The van der Waals surface area contributed by atoms with Crippen LogP contribution >= 0.6 is 0 Å². The molecule has 1 atom stereocenters. The first-order chi connectivity index (χ1) is 15.0. The molecule has 2 aliphatic rings. The summed E-state index contributed by atoms with van der Waals surface area (Å²) in [6, 6.07) is 10.3. The molecule has 1 saturated carbocycles. The van der Waals surface area contributed by atoms with Gasteiger partial charge in [0.15, 0.2) is 5.82 Å². The highest BCUT2D eigenvalue weighted by atomic mass is 19.1. The molecule has 1 saturated heterocycles. The monoisotopic (exact) mass is 420 g/mol. The lowest BCUT2D eigenvalue weighted by Gasteiger charge is -2.17. The molecule has 0 radical (unpaired) electrons. The average molecular weight is 420 g/mol. The van der Waals surface area contributed by atoms with Gasteiger partial charge in [-0.25, -0.2) is 4.39 Å². The van der Waals surface area contributed by atoms with Crippen molar-refractivity contribution in [1.82, 2.24) is 19.7 Å². The van der Waals surface area contributed by atoms with Crippen molar-refractivity contribution in [3.63, 3.8) is 0 Å². The number of benzene rings is 2. The smallest absolute Gasteiger partial charge is 0.225 e. The number of aromatic hydroxyl groups is 1. The van der Waals surface area contributed by atoms with Crippen LogP contribution in [0.3, 0.4) is 0 Å². The Morgan fingerprint density at radius 1 is 1.16 bits per heavy atom. The maximum atomic E-state index is 15.0. The van der Waals surface area contributed by atoms with E-state index in [-0.39, 0.29) is 23.4 Å². The van der Waals surface area contributed by atoms with Crippen LogP contribution in [-0.4, -0.2) is 43.8 Å². The van der Waals surface area contributed by atoms with Crippen molar-refractivity contribution < 1.29 is 14.3 Å². The van der Waals surface area contributed by atoms with E-state index in [0.29, 0.717) is 29.4 Å². The van der Waals surface area contributed by atoms with Crippen molar-refractivity contribution in [3.05, 3.63) is 54.1 Å². The summed E-state index contributed by atoms with van der Waals surface area (Å²) in [4.78, 5) is 14.3. The van der Waals surface area contributed by atoms with Crippen molar-refractivity contribution in [2.24, 2.45) is 11.8 Å². The minimum atomic E-state index is -0.385. The number of phenolic OH excluding ortho intramolecular Hbond substituents is 1. The van der Waals surface area contributed by atoms with Crippen LogP contribution in [0.2, 0.25) is 0 Å². The summed E-state index contributed by atoms with van der Waals surface area (Å²) in [6.07, 6.45) is 4.61. The summed E-state index contributed by atoms with van der Waals surface area (Å²) >= 11 is 0. The van der Waals surface area contributed by atoms with Crippen molar-refractivity contribution in [2.45, 2.75) is 32.7 Å². The van der Waals surface area contributed by atoms with Gasteiger partial charge in [0, 0.05) is 25.6 Å². The fourth-order valence-electron chi connectivity index (χ4n) is 4.31. The van der Waals surface area contributed by atoms with Crippen LogP contribution in [0.5, 0.6) is 5.75 Å². The minimum absolute atomic E-state index is 0.188. The van der Waals surface area contributed by atoms with E-state index in [1.165, 1.54) is 6.07 Å². The zero-order valence-electron chi connectivity index (χ0n) is 17.5. The number of rotatable bonds is 5. The lowest BCUT2D eigenvalue weighted by Crippen LogP contribution is -2.30. The molecule has 2 heterocycles. The topological polar surface area (TPSA) is 71.2 Å². The fourth-order valence-corrected chi connectivity index (χ4v) is 4.31. The number of aromatic nitrogens is 3. The second-order valence-corrected chi connectivity index (χ2v) is 8.72. The molecular formula is C24H25FN4O2. The Bertz CT molecular complexity index is 1140. The molecule has 0 bridgehead atoms. The van der Waals surface area contributed by atoms with Crippen LogP contribution in [0.25, 0.3) is 22.5 Å². The van der Waals surface area contributed by atoms with E-state index in [1.54, 1.807) is 18.5 Å². The first kappa shape index (κ1) is 19.7. The molecule has 7 heteroatoms. The highest BCUT2D eigenvalue weighted by Gasteiger charge is 2.36. The molecule has 6 nitrogen and oxygen atoms in total. The lowest BCUT2D eigenvalue weighted by atomic mass is 10.0. The number of likely N-dealkylation sites (tertiary alicyclic amines) is 1. The van der Waals surface area contributed by atoms with Crippen LogP contribution < -0.4 is 0 Å². The third-order valence-electron chi connectivity index (χ3n) is 6.35. The van der Waals surface area contributed by atoms with Crippen LogP contribution in [0.4, 0.5) is 4.39 Å². The van der Waals surface area contributed by atoms with Gasteiger partial charge >= 0.3 is 0 Å². The predicted molar refractivity (Wildman–Crippen MR) is 115 cm³/mol. The number of halogens is 1. The third kappa shape index (κ3) is 3.92. The van der Waals surface area contributed by atoms with Crippen LogP contribution in [0.1, 0.15) is 24.8 Å². The standard InChI is InChI=1S/C24H25FN4O2/c1-15-2-3-19(11-22(15)30)18-6-7-20(21(25)10-18)23-27-26-14-29(23)13-16-8-9-28(12-16)24(31)17-4-5-17/h2-3,6-7,10-11,14,16-17,30H,4-5,8-9,12-13H2,1H3/t16-/m1/s1. The first-order valence-corrected chi connectivity index (χ1v) is 10.8. The molecule has 2 aromatic carbocycles. The van der Waals surface area contributed by atoms with Crippen molar-refractivity contribution in [3.8, 4) is 28.3 Å². The normalized spacial score (nSPS) is 18.5. The summed E-state index contributed by atoms with van der Waals surface area (Å²) in [5, 5.41) is 18.1. The maximum absolute atomic E-state index is 15.0. The molecule has 0 spiro atoms. The van der Waals surface area contributed by atoms with Gasteiger partial charge in [-0.05, 0) is 67.0 Å². The Labute approximate surface area is 180 Å². The van der Waals surface area contributed by atoms with E-state index in [4.69, 9.17) is 0 Å². The predicted octanol–water partition coefficient (Wildman–Crippen LogP) is 4.02. The van der Waals surface area contributed by atoms with Crippen LogP contribution in [0.15, 0.2) is 42.7 Å². The Kier molecular flexibility index (Phi) is 4.96. The molecule has 1 aliphatic heterocycles. The van der Waals surface area contributed by atoms with Gasteiger partial charge < -0.3 is 14.6 Å². The summed E-state index contributed by atoms with van der Waals surface area (Å²) in [6.45, 7) is 4.01. The molecule has 5 rings (SSSR count). The van der Waals surface area contributed by atoms with Crippen molar-refractivity contribution >= 4 is 5.91 Å². The largest absolute Gasteiger partial charge is 0.508 e. The molecule has 2 fully saturated rings. The molecule has 3 aromatic rings. The average Bonchev–Trinajstić information content (AvgIpc) is 3.34. The van der Waals surface area contributed by atoms with Gasteiger partial charge in [0.05, 0.1) is 5.56 Å². The Morgan fingerprint density at radius 2 is 1.94 bits per heavy atom. The first-order valence-electron chi connectivity index (χ1n) is 10.8. The second-order valence-electron chi connectivity index (χ2n) is 8.72. The van der Waals surface area contributed by atoms with Gasteiger partial charge in [-0.2, -0.15) is 0 Å². The lowest BCUT2D eigenvalue weighted by molar-refractivity contribution is -0.131. The zero-order valence-corrected chi connectivity index (χ0v) is 17.5. The quantitative estimate of drug-likeness (QED) is 0.677. The van der Waals surface area contributed by atoms with E-state index in [1.807, 2.05) is 34.6 Å². The van der Waals surface area contributed by atoms with E-state index >= 15 is 4.39 Å². The number of carbonyl (C=O) groups excluding carboxylic acids is 1. The summed E-state index contributed by atoms with van der Waals surface area (Å²) in [5.74, 6) is 1.14. The molecule has 0 unspecified atom stereocenters. The van der Waals surface area contributed by atoms with E-state index in [0.717, 1.165) is 43.5 Å². The number of hydrogen-bond acceptors (Lipinski definition) is 4. The zero-order chi connectivity index (χ0) is 21.5. The van der Waals surface area contributed by atoms with Gasteiger partial charge in [-0.3, -0.25) is 4.79 Å². The summed E-state index contributed by atoms with van der Waals surface area (Å²) in [5.41, 5.74) is 2.61. The molecule has 1 aromatic heterocycles. The maximum Gasteiger partial charge on any atom is 0.225 e. The molecule has 1 N–H and O–H groups in total. The van der Waals surface area contributed by atoms with Gasteiger partial charge in [-0.15, -0.1) is 10.2 Å². The number of carbonyl (C=O) groups is 1. The highest BCUT2D eigenvalue weighted by molar-refractivity contribution is 5.81. The summed E-state index contributed by atoms with van der Waals surface area (Å²) in [7, 11) is 0. The molecule has 160 valence electrons. The molecule has 31 heavy (non-hydrogen) atoms. The molecule has 1 amide bonds. The van der Waals surface area contributed by atoms with Crippen molar-refractivity contribution in [1.29, 1.82) is 0 Å². The van der Waals surface area contributed by atoms with E-state index in [2.05, 4.69) is 10.2 Å². The number of phenols is 1. The van der Waals surface area contributed by atoms with Gasteiger partial charge in [0.1, 0.15) is 17.9 Å². The number of hydrogen-bond donors (Lipinski definition) is 1. The SMILES string of the molecule is Cc1ccc(-c2ccc(-c3nncn3C[C@@H]3CCN(C(=O)C4CC4)C3)c(F)c2)cc1O. The third-order valence-corrected chi connectivity index (χ3v) is 6.35. The Hall–Kier alpha value is -3.22. The fraction of sp³-hybridized carbons (Fsp3) is 0.375.